The van der Waals surface area contributed by atoms with Gasteiger partial charge in [-0.1, -0.05) is 18.2 Å². The smallest absolute Gasteiger partial charge is 0.289 e. The Hall–Kier alpha value is -2.54. The lowest BCUT2D eigenvalue weighted by Crippen LogP contribution is -2.26. The Balaban J connectivity index is 1.62. The summed E-state index contributed by atoms with van der Waals surface area (Å²) in [5.41, 5.74) is 1.86. The van der Waals surface area contributed by atoms with Crippen molar-refractivity contribution in [3.63, 3.8) is 0 Å². The van der Waals surface area contributed by atoms with Gasteiger partial charge < -0.3 is 14.1 Å². The van der Waals surface area contributed by atoms with E-state index in [2.05, 4.69) is 21.0 Å². The zero-order chi connectivity index (χ0) is 19.4. The lowest BCUT2D eigenvalue weighted by Gasteiger charge is -2.14. The molecule has 7 heteroatoms. The van der Waals surface area contributed by atoms with E-state index in [9.17, 15) is 4.79 Å². The van der Waals surface area contributed by atoms with Crippen molar-refractivity contribution in [1.82, 2.24) is 14.7 Å². The van der Waals surface area contributed by atoms with Crippen LogP contribution in [0.5, 0.6) is 5.75 Å². The van der Waals surface area contributed by atoms with Crippen LogP contribution in [-0.4, -0.2) is 27.6 Å². The molecule has 0 aliphatic rings. The van der Waals surface area contributed by atoms with Gasteiger partial charge in [-0.2, -0.15) is 5.10 Å². The number of para-hydroxylation sites is 1. The van der Waals surface area contributed by atoms with Crippen LogP contribution >= 0.6 is 15.9 Å². The van der Waals surface area contributed by atoms with Gasteiger partial charge in [0.2, 0.25) is 0 Å². The van der Waals surface area contributed by atoms with E-state index in [0.717, 1.165) is 28.0 Å². The van der Waals surface area contributed by atoms with Crippen molar-refractivity contribution in [2.75, 3.05) is 7.05 Å². The van der Waals surface area contributed by atoms with Gasteiger partial charge in [-0.05, 0) is 53.5 Å². The van der Waals surface area contributed by atoms with Crippen LogP contribution in [0.1, 0.15) is 34.5 Å². The first-order valence-electron chi connectivity index (χ1n) is 8.72. The molecule has 1 amide bonds. The molecule has 0 atom stereocenters. The number of aromatic nitrogens is 2. The third kappa shape index (κ3) is 4.60. The molecule has 1 aromatic carbocycles. The molecule has 27 heavy (non-hydrogen) atoms. The van der Waals surface area contributed by atoms with E-state index in [1.165, 1.54) is 0 Å². The number of aryl methyl sites for hydroxylation is 2. The Kier molecular flexibility index (Phi) is 6.01. The number of nitrogens with zero attached hydrogens (tertiary/aromatic N) is 3. The van der Waals surface area contributed by atoms with Crippen molar-refractivity contribution in [3.8, 4) is 5.75 Å². The molecule has 0 aliphatic heterocycles. The first kappa shape index (κ1) is 19.2. The summed E-state index contributed by atoms with van der Waals surface area (Å²) >= 11 is 3.48. The Morgan fingerprint density at radius 1 is 1.30 bits per heavy atom. The maximum absolute atomic E-state index is 12.6. The summed E-state index contributed by atoms with van der Waals surface area (Å²) in [6, 6.07) is 11.2. The molecule has 0 bridgehead atoms. The third-order valence-corrected chi connectivity index (χ3v) is 4.84. The van der Waals surface area contributed by atoms with E-state index in [0.29, 0.717) is 12.3 Å². The second-order valence-electron chi connectivity index (χ2n) is 6.26. The molecule has 0 radical (unpaired) electrons. The highest BCUT2D eigenvalue weighted by molar-refractivity contribution is 9.10. The minimum Gasteiger partial charge on any atom is -0.485 e. The number of rotatable bonds is 7. The summed E-state index contributed by atoms with van der Waals surface area (Å²) in [5, 5.41) is 4.45. The van der Waals surface area contributed by atoms with Crippen LogP contribution in [0, 0.1) is 6.92 Å². The fraction of sp³-hybridized carbons (Fsp3) is 0.300. The van der Waals surface area contributed by atoms with E-state index in [1.807, 2.05) is 49.0 Å². The maximum atomic E-state index is 12.6. The number of carbonyl (C=O) groups excluding carboxylic acids is 1. The van der Waals surface area contributed by atoms with E-state index in [-0.39, 0.29) is 18.3 Å². The van der Waals surface area contributed by atoms with Crippen LogP contribution in [0.4, 0.5) is 0 Å². The van der Waals surface area contributed by atoms with Crippen LogP contribution in [0.2, 0.25) is 0 Å². The number of ether oxygens (including phenoxy) is 1. The van der Waals surface area contributed by atoms with Crippen LogP contribution < -0.4 is 4.74 Å². The largest absolute Gasteiger partial charge is 0.485 e. The summed E-state index contributed by atoms with van der Waals surface area (Å²) in [4.78, 5) is 14.2. The molecule has 3 aromatic rings. The van der Waals surface area contributed by atoms with Crippen molar-refractivity contribution in [1.29, 1.82) is 0 Å². The molecule has 2 aromatic heterocycles. The first-order valence-corrected chi connectivity index (χ1v) is 9.51. The minimum atomic E-state index is -0.199. The first-order chi connectivity index (χ1) is 13.0. The Labute approximate surface area is 166 Å². The average Bonchev–Trinajstić information content (AvgIpc) is 3.27. The van der Waals surface area contributed by atoms with Crippen LogP contribution in [0.3, 0.4) is 0 Å². The summed E-state index contributed by atoms with van der Waals surface area (Å²) in [6.07, 6.45) is 1.90. The van der Waals surface area contributed by atoms with Gasteiger partial charge in [0.25, 0.3) is 5.91 Å². The van der Waals surface area contributed by atoms with Gasteiger partial charge in [0, 0.05) is 19.8 Å². The molecule has 0 N–H and O–H groups in total. The van der Waals surface area contributed by atoms with Crippen molar-refractivity contribution in [3.05, 3.63) is 69.8 Å². The fourth-order valence-electron chi connectivity index (χ4n) is 2.63. The van der Waals surface area contributed by atoms with E-state index in [4.69, 9.17) is 9.15 Å². The molecule has 0 saturated carbocycles. The Bertz CT molecular complexity index is 932. The number of hydrogen-bond acceptors (Lipinski definition) is 4. The summed E-state index contributed by atoms with van der Waals surface area (Å²) in [7, 11) is 1.73. The van der Waals surface area contributed by atoms with Gasteiger partial charge in [-0.3, -0.25) is 9.48 Å². The predicted molar refractivity (Wildman–Crippen MR) is 106 cm³/mol. The number of hydrogen-bond donors (Lipinski definition) is 0. The molecule has 0 saturated heterocycles. The second kappa shape index (κ2) is 8.43. The third-order valence-electron chi connectivity index (χ3n) is 4.18. The summed E-state index contributed by atoms with van der Waals surface area (Å²) < 4.78 is 14.1. The minimum absolute atomic E-state index is 0.199. The standard InChI is InChI=1S/C20H22BrN3O3/c1-4-24-11-16(21)17(22-24)12-23(3)20(25)19-10-9-15(27-19)13-26-18-8-6-5-7-14(18)2/h5-11H,4,12-13H2,1-3H3. The summed E-state index contributed by atoms with van der Waals surface area (Å²) in [6.45, 7) is 5.44. The highest BCUT2D eigenvalue weighted by Gasteiger charge is 2.19. The van der Waals surface area contributed by atoms with E-state index >= 15 is 0 Å². The number of benzene rings is 1. The van der Waals surface area contributed by atoms with Gasteiger partial charge in [0.1, 0.15) is 18.1 Å². The molecular formula is C20H22BrN3O3. The number of halogens is 1. The number of furan rings is 1. The Morgan fingerprint density at radius 3 is 2.78 bits per heavy atom. The lowest BCUT2D eigenvalue weighted by molar-refractivity contribution is 0.0747. The fourth-order valence-corrected chi connectivity index (χ4v) is 3.07. The number of carbonyl (C=O) groups is 1. The second-order valence-corrected chi connectivity index (χ2v) is 7.12. The van der Waals surface area contributed by atoms with Crippen molar-refractivity contribution >= 4 is 21.8 Å². The zero-order valence-corrected chi connectivity index (χ0v) is 17.2. The molecule has 0 spiro atoms. The molecular weight excluding hydrogens is 410 g/mol. The normalized spacial score (nSPS) is 10.8. The molecule has 0 aliphatic carbocycles. The quantitative estimate of drug-likeness (QED) is 0.555. The lowest BCUT2D eigenvalue weighted by atomic mass is 10.2. The monoisotopic (exact) mass is 431 g/mol. The molecule has 0 unspecified atom stereocenters. The molecule has 2 heterocycles. The Morgan fingerprint density at radius 2 is 2.07 bits per heavy atom. The van der Waals surface area contributed by atoms with Gasteiger partial charge in [0.15, 0.2) is 5.76 Å². The van der Waals surface area contributed by atoms with E-state index in [1.54, 1.807) is 24.1 Å². The van der Waals surface area contributed by atoms with Crippen molar-refractivity contribution < 1.29 is 13.9 Å². The van der Waals surface area contributed by atoms with Crippen LogP contribution in [-0.2, 0) is 19.7 Å². The average molecular weight is 432 g/mol. The molecule has 142 valence electrons. The van der Waals surface area contributed by atoms with Gasteiger partial charge in [-0.15, -0.1) is 0 Å². The van der Waals surface area contributed by atoms with Gasteiger partial charge in [0.05, 0.1) is 16.7 Å². The van der Waals surface area contributed by atoms with Crippen LogP contribution in [0.25, 0.3) is 0 Å². The van der Waals surface area contributed by atoms with Gasteiger partial charge >= 0.3 is 0 Å². The van der Waals surface area contributed by atoms with Crippen LogP contribution in [0.15, 0.2) is 51.5 Å². The highest BCUT2D eigenvalue weighted by atomic mass is 79.9. The number of amides is 1. The van der Waals surface area contributed by atoms with E-state index < -0.39 is 0 Å². The highest BCUT2D eigenvalue weighted by Crippen LogP contribution is 2.20. The van der Waals surface area contributed by atoms with Gasteiger partial charge in [-0.25, -0.2) is 0 Å². The molecule has 3 rings (SSSR count). The maximum Gasteiger partial charge on any atom is 0.289 e. The topological polar surface area (TPSA) is 60.5 Å². The molecule has 0 fully saturated rings. The SMILES string of the molecule is CCn1cc(Br)c(CN(C)C(=O)c2ccc(COc3ccccc3C)o2)n1. The zero-order valence-electron chi connectivity index (χ0n) is 15.6. The van der Waals surface area contributed by atoms with Crippen molar-refractivity contribution in [2.45, 2.75) is 33.5 Å². The predicted octanol–water partition coefficient (Wildman–Crippen LogP) is 4.42. The van der Waals surface area contributed by atoms with Crippen molar-refractivity contribution in [2.24, 2.45) is 0 Å². The summed E-state index contributed by atoms with van der Waals surface area (Å²) in [5.74, 6) is 1.49. The molecule has 6 nitrogen and oxygen atoms in total.